The lowest BCUT2D eigenvalue weighted by Gasteiger charge is -2.20. The van der Waals surface area contributed by atoms with Crippen molar-refractivity contribution < 1.29 is 19.1 Å². The summed E-state index contributed by atoms with van der Waals surface area (Å²) in [5.74, 6) is 0.398. The van der Waals surface area contributed by atoms with Crippen LogP contribution in [-0.4, -0.2) is 37.8 Å². The molecule has 7 nitrogen and oxygen atoms in total. The van der Waals surface area contributed by atoms with Crippen LogP contribution in [0.2, 0.25) is 0 Å². The molecule has 0 radical (unpaired) electrons. The van der Waals surface area contributed by atoms with Crippen LogP contribution in [0.3, 0.4) is 0 Å². The molecule has 2 amide bonds. The summed E-state index contributed by atoms with van der Waals surface area (Å²) in [4.78, 5) is 24.8. The van der Waals surface area contributed by atoms with Gasteiger partial charge >= 0.3 is 6.09 Å². The number of carbonyl (C=O) groups excluding carboxylic acids is 2. The minimum absolute atomic E-state index is 0.0132. The van der Waals surface area contributed by atoms with Crippen LogP contribution in [0.4, 0.5) is 16.2 Å². The van der Waals surface area contributed by atoms with Gasteiger partial charge in [0.2, 0.25) is 0 Å². The third kappa shape index (κ3) is 2.78. The van der Waals surface area contributed by atoms with Crippen LogP contribution in [0.15, 0.2) is 18.2 Å². The summed E-state index contributed by atoms with van der Waals surface area (Å²) in [7, 11) is 0. The van der Waals surface area contributed by atoms with Crippen LogP contribution in [0, 0.1) is 0 Å². The zero-order valence-electron chi connectivity index (χ0n) is 11.5. The van der Waals surface area contributed by atoms with E-state index in [1.54, 1.807) is 23.1 Å². The molecule has 0 aromatic heterocycles. The zero-order valence-corrected chi connectivity index (χ0v) is 11.5. The minimum Gasteiger partial charge on any atom is -0.482 e. The standard InChI is InChI=1S/C14H17N3O4/c15-5-1-2-10-7-17(14(19)21-10)9-3-4-12-11(6-9)16-13(18)8-20-12/h3-4,6,10H,1-2,5,7-8,15H2,(H,16,18)/t10-/m0/s1. The summed E-state index contributed by atoms with van der Waals surface area (Å²) in [6.07, 6.45) is 1.06. The van der Waals surface area contributed by atoms with E-state index in [1.165, 1.54) is 0 Å². The third-order valence-electron chi connectivity index (χ3n) is 3.51. The lowest BCUT2D eigenvalue weighted by molar-refractivity contribution is -0.118. The lowest BCUT2D eigenvalue weighted by atomic mass is 10.2. The summed E-state index contributed by atoms with van der Waals surface area (Å²) in [6, 6.07) is 5.24. The molecule has 1 aromatic rings. The predicted octanol–water partition coefficient (Wildman–Crippen LogP) is 1.08. The molecule has 0 saturated carbocycles. The van der Waals surface area contributed by atoms with Gasteiger partial charge in [-0.15, -0.1) is 0 Å². The number of fused-ring (bicyclic) bond motifs is 1. The Morgan fingerprint density at radius 2 is 2.24 bits per heavy atom. The second-order valence-corrected chi connectivity index (χ2v) is 5.06. The normalized spacial score (nSPS) is 20.6. The van der Waals surface area contributed by atoms with Crippen molar-refractivity contribution >= 4 is 23.4 Å². The maximum Gasteiger partial charge on any atom is 0.414 e. The number of carbonyl (C=O) groups is 2. The molecule has 0 bridgehead atoms. The SMILES string of the molecule is NCCC[C@H]1CN(c2ccc3c(c2)NC(=O)CO3)C(=O)O1. The Morgan fingerprint density at radius 3 is 3.05 bits per heavy atom. The fourth-order valence-electron chi connectivity index (χ4n) is 2.47. The van der Waals surface area contributed by atoms with Crippen LogP contribution in [0.5, 0.6) is 5.75 Å². The summed E-state index contributed by atoms with van der Waals surface area (Å²) < 4.78 is 10.6. The van der Waals surface area contributed by atoms with Gasteiger partial charge in [-0.2, -0.15) is 0 Å². The maximum atomic E-state index is 11.9. The average molecular weight is 291 g/mol. The summed E-state index contributed by atoms with van der Waals surface area (Å²) in [6.45, 7) is 1.09. The van der Waals surface area contributed by atoms with Gasteiger partial charge in [0.25, 0.3) is 5.91 Å². The molecule has 1 atom stereocenters. The number of hydrogen-bond acceptors (Lipinski definition) is 5. The Hall–Kier alpha value is -2.28. The molecule has 3 N–H and O–H groups in total. The highest BCUT2D eigenvalue weighted by Crippen LogP contribution is 2.33. The molecule has 0 unspecified atom stereocenters. The monoisotopic (exact) mass is 291 g/mol. The Morgan fingerprint density at radius 1 is 1.38 bits per heavy atom. The molecular formula is C14H17N3O4. The maximum absolute atomic E-state index is 11.9. The first-order chi connectivity index (χ1) is 10.2. The largest absolute Gasteiger partial charge is 0.482 e. The first-order valence-corrected chi connectivity index (χ1v) is 6.92. The number of benzene rings is 1. The molecule has 1 fully saturated rings. The van der Waals surface area contributed by atoms with Gasteiger partial charge in [0.15, 0.2) is 6.61 Å². The van der Waals surface area contributed by atoms with Gasteiger partial charge in [0.05, 0.1) is 12.2 Å². The molecule has 1 saturated heterocycles. The first-order valence-electron chi connectivity index (χ1n) is 6.92. The lowest BCUT2D eigenvalue weighted by Crippen LogP contribution is -2.27. The Labute approximate surface area is 122 Å². The number of nitrogens with two attached hydrogens (primary N) is 1. The van der Waals surface area contributed by atoms with Crippen molar-refractivity contribution in [2.24, 2.45) is 5.73 Å². The van der Waals surface area contributed by atoms with E-state index >= 15 is 0 Å². The number of nitrogens with one attached hydrogen (secondary N) is 1. The van der Waals surface area contributed by atoms with Gasteiger partial charge in [-0.25, -0.2) is 4.79 Å². The van der Waals surface area contributed by atoms with Gasteiger partial charge in [-0.3, -0.25) is 9.69 Å². The van der Waals surface area contributed by atoms with E-state index in [-0.39, 0.29) is 24.7 Å². The number of rotatable bonds is 4. The quantitative estimate of drug-likeness (QED) is 0.865. The second-order valence-electron chi connectivity index (χ2n) is 5.06. The number of amides is 2. The van der Waals surface area contributed by atoms with Crippen molar-refractivity contribution in [3.63, 3.8) is 0 Å². The van der Waals surface area contributed by atoms with Crippen molar-refractivity contribution in [2.45, 2.75) is 18.9 Å². The van der Waals surface area contributed by atoms with Gasteiger partial charge in [0, 0.05) is 5.69 Å². The van der Waals surface area contributed by atoms with Crippen molar-refractivity contribution in [1.29, 1.82) is 0 Å². The van der Waals surface area contributed by atoms with E-state index in [1.807, 2.05) is 0 Å². The third-order valence-corrected chi connectivity index (χ3v) is 3.51. The van der Waals surface area contributed by atoms with Crippen molar-refractivity contribution in [3.05, 3.63) is 18.2 Å². The fourth-order valence-corrected chi connectivity index (χ4v) is 2.47. The van der Waals surface area contributed by atoms with E-state index in [0.29, 0.717) is 30.2 Å². The molecule has 112 valence electrons. The van der Waals surface area contributed by atoms with Crippen LogP contribution in [0.1, 0.15) is 12.8 Å². The zero-order chi connectivity index (χ0) is 14.8. The number of anilines is 2. The number of cyclic esters (lactones) is 1. The number of nitrogens with zero attached hydrogens (tertiary/aromatic N) is 1. The summed E-state index contributed by atoms with van der Waals surface area (Å²) in [5.41, 5.74) is 6.72. The molecule has 0 spiro atoms. The molecule has 1 aromatic carbocycles. The molecule has 0 aliphatic carbocycles. The number of hydrogen-bond donors (Lipinski definition) is 2. The van der Waals surface area contributed by atoms with Crippen LogP contribution < -0.4 is 20.7 Å². The topological polar surface area (TPSA) is 93.9 Å². The fraction of sp³-hybridized carbons (Fsp3) is 0.429. The van der Waals surface area contributed by atoms with Crippen molar-refractivity contribution in [3.8, 4) is 5.75 Å². The van der Waals surface area contributed by atoms with E-state index in [4.69, 9.17) is 15.2 Å². The molecule has 7 heteroatoms. The molecule has 2 aliphatic heterocycles. The highest BCUT2D eigenvalue weighted by atomic mass is 16.6. The van der Waals surface area contributed by atoms with Gasteiger partial charge < -0.3 is 20.5 Å². The predicted molar refractivity (Wildman–Crippen MR) is 76.5 cm³/mol. The van der Waals surface area contributed by atoms with Gasteiger partial charge in [-0.1, -0.05) is 0 Å². The van der Waals surface area contributed by atoms with E-state index in [0.717, 1.165) is 12.8 Å². The Bertz CT molecular complexity index is 575. The van der Waals surface area contributed by atoms with E-state index in [9.17, 15) is 9.59 Å². The second kappa shape index (κ2) is 5.61. The molecule has 2 heterocycles. The van der Waals surface area contributed by atoms with Crippen molar-refractivity contribution in [2.75, 3.05) is 29.9 Å². The minimum atomic E-state index is -0.375. The van der Waals surface area contributed by atoms with Crippen LogP contribution in [-0.2, 0) is 9.53 Å². The highest BCUT2D eigenvalue weighted by Gasteiger charge is 2.32. The molecule has 21 heavy (non-hydrogen) atoms. The van der Waals surface area contributed by atoms with Gasteiger partial charge in [0.1, 0.15) is 11.9 Å². The van der Waals surface area contributed by atoms with E-state index in [2.05, 4.69) is 5.32 Å². The van der Waals surface area contributed by atoms with E-state index < -0.39 is 0 Å². The highest BCUT2D eigenvalue weighted by molar-refractivity contribution is 5.97. The Kier molecular flexibility index (Phi) is 3.66. The molecule has 2 aliphatic rings. The van der Waals surface area contributed by atoms with Gasteiger partial charge in [-0.05, 0) is 37.6 Å². The Balaban J connectivity index is 1.76. The van der Waals surface area contributed by atoms with Crippen molar-refractivity contribution in [1.82, 2.24) is 0 Å². The number of ether oxygens (including phenoxy) is 2. The average Bonchev–Trinajstić information content (AvgIpc) is 2.85. The smallest absolute Gasteiger partial charge is 0.414 e. The van der Waals surface area contributed by atoms with Crippen LogP contribution in [0.25, 0.3) is 0 Å². The summed E-state index contributed by atoms with van der Waals surface area (Å²) in [5, 5.41) is 2.72. The molecular weight excluding hydrogens is 274 g/mol. The van der Waals surface area contributed by atoms with Crippen LogP contribution >= 0.6 is 0 Å². The molecule has 3 rings (SSSR count). The first kappa shape index (κ1) is 13.7. The summed E-state index contributed by atoms with van der Waals surface area (Å²) >= 11 is 0.